The Bertz CT molecular complexity index is 305. The number of hydrogen-bond acceptors (Lipinski definition) is 3. The Morgan fingerprint density at radius 1 is 1.33 bits per heavy atom. The number of hydrogen-bond donors (Lipinski definition) is 2. The number of methoxy groups -OCH3 is 1. The van der Waals surface area contributed by atoms with E-state index in [2.05, 4.69) is 5.32 Å². The lowest BCUT2D eigenvalue weighted by molar-refractivity contribution is 0.416. The second kappa shape index (κ2) is 5.03. The third-order valence-electron chi connectivity index (χ3n) is 2.19. The van der Waals surface area contributed by atoms with E-state index in [1.165, 1.54) is 0 Å². The van der Waals surface area contributed by atoms with Crippen LogP contribution in [0, 0.1) is 0 Å². The molecule has 0 bridgehead atoms. The van der Waals surface area contributed by atoms with Gasteiger partial charge in [-0.3, -0.25) is 0 Å². The van der Waals surface area contributed by atoms with Crippen molar-refractivity contribution in [2.75, 3.05) is 19.0 Å². The molecule has 0 amide bonds. The highest BCUT2D eigenvalue weighted by Gasteiger charge is 2.09. The molecule has 0 aromatic heterocycles. The van der Waals surface area contributed by atoms with E-state index in [0.717, 1.165) is 24.4 Å². The van der Waals surface area contributed by atoms with Crippen molar-refractivity contribution in [1.29, 1.82) is 0 Å². The first kappa shape index (κ1) is 11.9. The maximum atomic E-state index is 5.90. The first-order valence-corrected chi connectivity index (χ1v) is 5.19. The molecule has 0 aliphatic rings. The zero-order chi connectivity index (χ0) is 11.3. The molecular weight excluding hydrogens is 188 g/mol. The Hall–Kier alpha value is -1.22. The summed E-state index contributed by atoms with van der Waals surface area (Å²) < 4.78 is 5.23. The van der Waals surface area contributed by atoms with Crippen LogP contribution >= 0.6 is 0 Å². The molecule has 0 fully saturated rings. The molecule has 0 aliphatic carbocycles. The molecule has 3 nitrogen and oxygen atoms in total. The van der Waals surface area contributed by atoms with E-state index in [9.17, 15) is 0 Å². The van der Waals surface area contributed by atoms with Gasteiger partial charge in [-0.2, -0.15) is 0 Å². The van der Waals surface area contributed by atoms with Gasteiger partial charge in [-0.1, -0.05) is 12.1 Å². The van der Waals surface area contributed by atoms with Crippen molar-refractivity contribution < 1.29 is 4.74 Å². The number of nitrogens with two attached hydrogens (primary N) is 1. The van der Waals surface area contributed by atoms with Gasteiger partial charge < -0.3 is 15.8 Å². The highest BCUT2D eigenvalue weighted by atomic mass is 16.5. The lowest BCUT2D eigenvalue weighted by Gasteiger charge is -2.19. The van der Waals surface area contributed by atoms with Gasteiger partial charge in [0.15, 0.2) is 0 Å². The topological polar surface area (TPSA) is 47.3 Å². The van der Waals surface area contributed by atoms with E-state index in [1.807, 2.05) is 38.1 Å². The summed E-state index contributed by atoms with van der Waals surface area (Å²) in [4.78, 5) is 0. The molecular formula is C12H20N2O. The smallest absolute Gasteiger partial charge is 0.141 e. The molecule has 0 saturated carbocycles. The lowest BCUT2D eigenvalue weighted by Crippen LogP contribution is -2.34. The molecule has 15 heavy (non-hydrogen) atoms. The van der Waals surface area contributed by atoms with E-state index >= 15 is 0 Å². The Balaban J connectivity index is 2.50. The Morgan fingerprint density at radius 3 is 2.60 bits per heavy atom. The monoisotopic (exact) mass is 208 g/mol. The van der Waals surface area contributed by atoms with Crippen molar-refractivity contribution in [2.45, 2.75) is 25.8 Å². The van der Waals surface area contributed by atoms with Crippen LogP contribution < -0.4 is 15.8 Å². The second-order valence-electron chi connectivity index (χ2n) is 4.37. The van der Waals surface area contributed by atoms with Crippen molar-refractivity contribution in [3.8, 4) is 5.75 Å². The maximum absolute atomic E-state index is 5.90. The second-order valence-corrected chi connectivity index (χ2v) is 4.37. The molecule has 1 aromatic carbocycles. The number of anilines is 1. The summed E-state index contributed by atoms with van der Waals surface area (Å²) in [5, 5.41) is 3.32. The van der Waals surface area contributed by atoms with Gasteiger partial charge in [-0.15, -0.1) is 0 Å². The van der Waals surface area contributed by atoms with Gasteiger partial charge in [0.2, 0.25) is 0 Å². The Morgan fingerprint density at radius 2 is 2.00 bits per heavy atom. The maximum Gasteiger partial charge on any atom is 0.141 e. The van der Waals surface area contributed by atoms with Gasteiger partial charge in [0, 0.05) is 12.1 Å². The van der Waals surface area contributed by atoms with Gasteiger partial charge in [0.1, 0.15) is 5.75 Å². The van der Waals surface area contributed by atoms with Crippen LogP contribution in [-0.4, -0.2) is 19.2 Å². The van der Waals surface area contributed by atoms with Crippen LogP contribution in [0.5, 0.6) is 5.75 Å². The zero-order valence-corrected chi connectivity index (χ0v) is 9.71. The van der Waals surface area contributed by atoms with Gasteiger partial charge in [-0.05, 0) is 32.4 Å². The third kappa shape index (κ3) is 4.21. The minimum Gasteiger partial charge on any atom is -0.495 e. The molecule has 1 aromatic rings. The molecule has 3 N–H and O–H groups in total. The predicted octanol–water partition coefficient (Wildman–Crippen LogP) is 2.23. The fourth-order valence-corrected chi connectivity index (χ4v) is 1.31. The molecule has 84 valence electrons. The van der Waals surface area contributed by atoms with E-state index in [1.54, 1.807) is 7.11 Å². The van der Waals surface area contributed by atoms with Gasteiger partial charge >= 0.3 is 0 Å². The standard InChI is InChI=1S/C12H20N2O/c1-12(2,13)8-9-14-10-6-4-5-7-11(10)15-3/h4-7,14H,8-9,13H2,1-3H3. The summed E-state index contributed by atoms with van der Waals surface area (Å²) in [7, 11) is 1.67. The van der Waals surface area contributed by atoms with Gasteiger partial charge in [-0.25, -0.2) is 0 Å². The minimum atomic E-state index is -0.130. The quantitative estimate of drug-likeness (QED) is 0.780. The number of benzene rings is 1. The average Bonchev–Trinajstić information content (AvgIpc) is 2.16. The molecule has 0 radical (unpaired) electrons. The van der Waals surface area contributed by atoms with Crippen molar-refractivity contribution >= 4 is 5.69 Å². The summed E-state index contributed by atoms with van der Waals surface area (Å²) in [6.45, 7) is 4.90. The molecule has 0 saturated heterocycles. The van der Waals surface area contributed by atoms with Crippen molar-refractivity contribution in [2.24, 2.45) is 5.73 Å². The summed E-state index contributed by atoms with van der Waals surface area (Å²) in [6.07, 6.45) is 0.922. The molecule has 3 heteroatoms. The minimum absolute atomic E-state index is 0.130. The number of nitrogens with one attached hydrogen (secondary N) is 1. The zero-order valence-electron chi connectivity index (χ0n) is 9.71. The van der Waals surface area contributed by atoms with E-state index < -0.39 is 0 Å². The van der Waals surface area contributed by atoms with Crippen LogP contribution in [0.1, 0.15) is 20.3 Å². The third-order valence-corrected chi connectivity index (χ3v) is 2.19. The molecule has 0 unspecified atom stereocenters. The van der Waals surface area contributed by atoms with Gasteiger partial charge in [0.05, 0.1) is 12.8 Å². The van der Waals surface area contributed by atoms with Crippen molar-refractivity contribution in [1.82, 2.24) is 0 Å². The molecule has 0 atom stereocenters. The Kier molecular flexibility index (Phi) is 3.97. The normalized spacial score (nSPS) is 11.2. The summed E-state index contributed by atoms with van der Waals surface area (Å²) in [6, 6.07) is 7.88. The average molecular weight is 208 g/mol. The summed E-state index contributed by atoms with van der Waals surface area (Å²) in [5.74, 6) is 0.868. The Labute approximate surface area is 91.6 Å². The number of para-hydroxylation sites is 2. The fourth-order valence-electron chi connectivity index (χ4n) is 1.31. The summed E-state index contributed by atoms with van der Waals surface area (Å²) in [5.41, 5.74) is 6.79. The van der Waals surface area contributed by atoms with Crippen molar-refractivity contribution in [3.05, 3.63) is 24.3 Å². The van der Waals surface area contributed by atoms with Crippen LogP contribution in [0.25, 0.3) is 0 Å². The highest BCUT2D eigenvalue weighted by molar-refractivity contribution is 5.55. The highest BCUT2D eigenvalue weighted by Crippen LogP contribution is 2.23. The van der Waals surface area contributed by atoms with E-state index in [4.69, 9.17) is 10.5 Å². The van der Waals surface area contributed by atoms with Crippen LogP contribution in [0.2, 0.25) is 0 Å². The van der Waals surface area contributed by atoms with Crippen LogP contribution in [-0.2, 0) is 0 Å². The number of rotatable bonds is 5. The SMILES string of the molecule is COc1ccccc1NCCC(C)(C)N. The molecule has 0 spiro atoms. The van der Waals surface area contributed by atoms with Crippen molar-refractivity contribution in [3.63, 3.8) is 0 Å². The fraction of sp³-hybridized carbons (Fsp3) is 0.500. The number of ether oxygens (including phenoxy) is 1. The largest absolute Gasteiger partial charge is 0.495 e. The van der Waals surface area contributed by atoms with Crippen LogP contribution in [0.15, 0.2) is 24.3 Å². The molecule has 0 heterocycles. The summed E-state index contributed by atoms with van der Waals surface area (Å²) >= 11 is 0. The van der Waals surface area contributed by atoms with E-state index in [0.29, 0.717) is 0 Å². The predicted molar refractivity (Wildman–Crippen MR) is 64.4 cm³/mol. The van der Waals surface area contributed by atoms with Crippen LogP contribution in [0.4, 0.5) is 5.69 Å². The van der Waals surface area contributed by atoms with Gasteiger partial charge in [0.25, 0.3) is 0 Å². The first-order chi connectivity index (χ1) is 7.03. The van der Waals surface area contributed by atoms with E-state index in [-0.39, 0.29) is 5.54 Å². The first-order valence-electron chi connectivity index (χ1n) is 5.19. The van der Waals surface area contributed by atoms with Crippen LogP contribution in [0.3, 0.4) is 0 Å². The molecule has 0 aliphatic heterocycles. The lowest BCUT2D eigenvalue weighted by atomic mass is 10.0. The molecule has 1 rings (SSSR count).